The summed E-state index contributed by atoms with van der Waals surface area (Å²) in [5.74, 6) is -0.720. The molecule has 3 rings (SSSR count). The van der Waals surface area contributed by atoms with Gasteiger partial charge in [-0.1, -0.05) is 93.1 Å². The molecule has 5 heteroatoms. The molecule has 4 nitrogen and oxygen atoms in total. The molecule has 3 aromatic rings. The maximum absolute atomic E-state index is 13.9. The highest BCUT2D eigenvalue weighted by Gasteiger charge is 2.30. The third kappa shape index (κ3) is 7.51. The predicted molar refractivity (Wildman–Crippen MR) is 138 cm³/mol. The summed E-state index contributed by atoms with van der Waals surface area (Å²) in [6, 6.07) is 25.5. The van der Waals surface area contributed by atoms with Crippen LogP contribution in [0.15, 0.2) is 84.9 Å². The predicted octanol–water partition coefficient (Wildman–Crippen LogP) is 6.07. The van der Waals surface area contributed by atoms with Gasteiger partial charge in [0, 0.05) is 25.4 Å². The largest absolute Gasteiger partial charge is 0.354 e. The van der Waals surface area contributed by atoms with Crippen molar-refractivity contribution in [3.8, 4) is 0 Å². The molecule has 1 N–H and O–H groups in total. The van der Waals surface area contributed by atoms with Crippen LogP contribution >= 0.6 is 0 Å². The Labute approximate surface area is 208 Å². The van der Waals surface area contributed by atoms with Crippen molar-refractivity contribution in [1.82, 2.24) is 10.2 Å². The molecular formula is C30H35FN2O2. The molecule has 0 fully saturated rings. The molecule has 0 spiro atoms. The van der Waals surface area contributed by atoms with Crippen LogP contribution in [-0.2, 0) is 16.1 Å². The number of unbranched alkanes of at least 4 members (excludes halogenated alkanes) is 1. The number of hydrogen-bond acceptors (Lipinski definition) is 2. The van der Waals surface area contributed by atoms with Gasteiger partial charge in [0.2, 0.25) is 11.8 Å². The van der Waals surface area contributed by atoms with Gasteiger partial charge < -0.3 is 10.2 Å². The molecule has 0 aromatic heterocycles. The van der Waals surface area contributed by atoms with Crippen LogP contribution in [-0.4, -0.2) is 29.3 Å². The molecule has 0 aliphatic heterocycles. The van der Waals surface area contributed by atoms with Crippen molar-refractivity contribution >= 4 is 11.8 Å². The van der Waals surface area contributed by atoms with E-state index in [1.807, 2.05) is 67.6 Å². The van der Waals surface area contributed by atoms with Gasteiger partial charge in [0.05, 0.1) is 0 Å². The number of benzene rings is 3. The summed E-state index contributed by atoms with van der Waals surface area (Å²) in [5, 5.41) is 2.99. The Balaban J connectivity index is 1.91. The summed E-state index contributed by atoms with van der Waals surface area (Å²) >= 11 is 0. The topological polar surface area (TPSA) is 49.4 Å². The second-order valence-corrected chi connectivity index (χ2v) is 8.79. The van der Waals surface area contributed by atoms with Gasteiger partial charge in [0.1, 0.15) is 11.9 Å². The molecule has 0 aliphatic carbocycles. The molecule has 0 bridgehead atoms. The van der Waals surface area contributed by atoms with E-state index in [9.17, 15) is 14.0 Å². The van der Waals surface area contributed by atoms with Crippen LogP contribution in [0.25, 0.3) is 0 Å². The van der Waals surface area contributed by atoms with E-state index in [1.165, 1.54) is 12.1 Å². The van der Waals surface area contributed by atoms with E-state index in [2.05, 4.69) is 12.2 Å². The van der Waals surface area contributed by atoms with E-state index in [1.54, 1.807) is 17.0 Å². The van der Waals surface area contributed by atoms with E-state index < -0.39 is 6.04 Å². The Bertz CT molecular complexity index is 1020. The summed E-state index contributed by atoms with van der Waals surface area (Å²) in [6.45, 7) is 4.82. The van der Waals surface area contributed by atoms with Crippen molar-refractivity contribution in [2.45, 2.75) is 58.0 Å². The fraction of sp³-hybridized carbons (Fsp3) is 0.333. The van der Waals surface area contributed by atoms with Gasteiger partial charge in [0.25, 0.3) is 0 Å². The van der Waals surface area contributed by atoms with Crippen LogP contribution in [0.4, 0.5) is 4.39 Å². The molecule has 0 saturated heterocycles. The Morgan fingerprint density at radius 1 is 0.857 bits per heavy atom. The third-order valence-electron chi connectivity index (χ3n) is 6.26. The summed E-state index contributed by atoms with van der Waals surface area (Å²) in [7, 11) is 0. The molecule has 0 heterocycles. The Morgan fingerprint density at radius 2 is 1.43 bits per heavy atom. The number of rotatable bonds is 12. The van der Waals surface area contributed by atoms with Gasteiger partial charge in [-0.2, -0.15) is 0 Å². The highest BCUT2D eigenvalue weighted by atomic mass is 19.1. The lowest BCUT2D eigenvalue weighted by atomic mass is 9.88. The van der Waals surface area contributed by atoms with E-state index in [-0.39, 0.29) is 36.5 Å². The van der Waals surface area contributed by atoms with Gasteiger partial charge >= 0.3 is 0 Å². The van der Waals surface area contributed by atoms with Crippen molar-refractivity contribution in [2.24, 2.45) is 0 Å². The molecular weight excluding hydrogens is 439 g/mol. The highest BCUT2D eigenvalue weighted by molar-refractivity contribution is 5.88. The summed E-state index contributed by atoms with van der Waals surface area (Å²) in [4.78, 5) is 28.6. The van der Waals surface area contributed by atoms with Crippen molar-refractivity contribution in [2.75, 3.05) is 6.54 Å². The van der Waals surface area contributed by atoms with Crippen LogP contribution in [0.2, 0.25) is 0 Å². The number of halogens is 1. The molecule has 3 aromatic carbocycles. The number of carbonyl (C=O) groups is 2. The first-order valence-corrected chi connectivity index (χ1v) is 12.4. The van der Waals surface area contributed by atoms with E-state index in [4.69, 9.17) is 0 Å². The number of carbonyl (C=O) groups excluding carboxylic acids is 2. The molecule has 2 amide bonds. The first-order valence-electron chi connectivity index (χ1n) is 12.4. The second kappa shape index (κ2) is 13.4. The van der Waals surface area contributed by atoms with Crippen molar-refractivity contribution in [3.05, 3.63) is 107 Å². The average Bonchev–Trinajstić information content (AvgIpc) is 2.89. The Kier molecular flexibility index (Phi) is 10.0. The van der Waals surface area contributed by atoms with Crippen molar-refractivity contribution in [1.29, 1.82) is 0 Å². The first-order chi connectivity index (χ1) is 17.0. The minimum atomic E-state index is -0.600. The third-order valence-corrected chi connectivity index (χ3v) is 6.26. The second-order valence-electron chi connectivity index (χ2n) is 8.79. The van der Waals surface area contributed by atoms with Crippen LogP contribution < -0.4 is 5.32 Å². The molecule has 35 heavy (non-hydrogen) atoms. The number of nitrogens with one attached hydrogen (secondary N) is 1. The molecule has 0 saturated carbocycles. The standard InChI is InChI=1S/C30H35FN2O2/c1-3-5-20-32-30(35)28(4-2)33(22-23-16-18-26(31)19-17-23)29(34)21-27(24-12-8-6-9-13-24)25-14-10-7-11-15-25/h6-19,27-28H,3-5,20-22H2,1-2H3,(H,32,35). The lowest BCUT2D eigenvalue weighted by molar-refractivity contribution is -0.141. The lowest BCUT2D eigenvalue weighted by Gasteiger charge is -2.32. The van der Waals surface area contributed by atoms with Gasteiger partial charge in [-0.05, 0) is 41.7 Å². The van der Waals surface area contributed by atoms with Crippen LogP contribution in [0.5, 0.6) is 0 Å². The summed E-state index contributed by atoms with van der Waals surface area (Å²) in [5.41, 5.74) is 2.89. The first kappa shape index (κ1) is 26.1. The van der Waals surface area contributed by atoms with Crippen molar-refractivity contribution < 1.29 is 14.0 Å². The highest BCUT2D eigenvalue weighted by Crippen LogP contribution is 2.29. The maximum Gasteiger partial charge on any atom is 0.242 e. The zero-order valence-corrected chi connectivity index (χ0v) is 20.6. The van der Waals surface area contributed by atoms with Crippen LogP contribution in [0.3, 0.4) is 0 Å². The number of nitrogens with zero attached hydrogens (tertiary/aromatic N) is 1. The monoisotopic (exact) mass is 474 g/mol. The summed E-state index contributed by atoms with van der Waals surface area (Å²) in [6.07, 6.45) is 2.59. The average molecular weight is 475 g/mol. The Hall–Kier alpha value is -3.47. The zero-order valence-electron chi connectivity index (χ0n) is 20.6. The van der Waals surface area contributed by atoms with Crippen molar-refractivity contribution in [3.63, 3.8) is 0 Å². The smallest absolute Gasteiger partial charge is 0.242 e. The minimum Gasteiger partial charge on any atom is -0.354 e. The van der Waals surface area contributed by atoms with Gasteiger partial charge in [0.15, 0.2) is 0 Å². The fourth-order valence-electron chi connectivity index (χ4n) is 4.30. The maximum atomic E-state index is 13.9. The van der Waals surface area contributed by atoms with Gasteiger partial charge in [-0.25, -0.2) is 4.39 Å². The van der Waals surface area contributed by atoms with Crippen LogP contribution in [0.1, 0.15) is 62.1 Å². The normalized spacial score (nSPS) is 11.8. The molecule has 0 aliphatic rings. The quantitative estimate of drug-likeness (QED) is 0.324. The van der Waals surface area contributed by atoms with E-state index in [0.717, 1.165) is 29.5 Å². The molecule has 184 valence electrons. The minimum absolute atomic E-state index is 0.107. The van der Waals surface area contributed by atoms with Gasteiger partial charge in [-0.15, -0.1) is 0 Å². The van der Waals surface area contributed by atoms with Gasteiger partial charge in [-0.3, -0.25) is 9.59 Å². The number of hydrogen-bond donors (Lipinski definition) is 1. The van der Waals surface area contributed by atoms with E-state index in [0.29, 0.717) is 13.0 Å². The lowest BCUT2D eigenvalue weighted by Crippen LogP contribution is -2.49. The fourth-order valence-corrected chi connectivity index (χ4v) is 4.30. The molecule has 0 radical (unpaired) electrons. The van der Waals surface area contributed by atoms with E-state index >= 15 is 0 Å². The Morgan fingerprint density at radius 3 is 1.94 bits per heavy atom. The summed E-state index contributed by atoms with van der Waals surface area (Å²) < 4.78 is 13.5. The molecule has 1 unspecified atom stereocenters. The molecule has 1 atom stereocenters. The van der Waals surface area contributed by atoms with Crippen LogP contribution in [0, 0.1) is 5.82 Å². The number of amides is 2. The zero-order chi connectivity index (χ0) is 25.0. The SMILES string of the molecule is CCCCNC(=O)C(CC)N(Cc1ccc(F)cc1)C(=O)CC(c1ccccc1)c1ccccc1.